The largest absolute Gasteiger partial charge is 0.453 e. The van der Waals surface area contributed by atoms with E-state index in [1.807, 2.05) is 0 Å². The molecule has 1 aliphatic carbocycles. The molecule has 0 bridgehead atoms. The number of hydrogen-bond donors (Lipinski definition) is 4. The molecule has 0 spiro atoms. The number of anilines is 1. The van der Waals surface area contributed by atoms with Gasteiger partial charge in [-0.3, -0.25) is 9.36 Å². The Kier molecular flexibility index (Phi) is 6.00. The van der Waals surface area contributed by atoms with Crippen LogP contribution < -0.4 is 11.1 Å². The molecular formula is C21H29N7O6. The van der Waals surface area contributed by atoms with Crippen LogP contribution in [0.2, 0.25) is 0 Å². The van der Waals surface area contributed by atoms with Crippen molar-refractivity contribution in [3.8, 4) is 0 Å². The molecular weight excluding hydrogens is 446 g/mol. The van der Waals surface area contributed by atoms with Crippen molar-refractivity contribution in [2.24, 2.45) is 5.92 Å². The Morgan fingerprint density at radius 3 is 2.62 bits per heavy atom. The summed E-state index contributed by atoms with van der Waals surface area (Å²) in [7, 11) is 1.37. The van der Waals surface area contributed by atoms with E-state index in [1.54, 1.807) is 4.90 Å². The molecule has 2 aliphatic heterocycles. The number of fused-ring (bicyclic) bond motifs is 1. The number of carbonyl (C=O) groups is 2. The normalized spacial score (nSPS) is 27.8. The Morgan fingerprint density at radius 2 is 1.94 bits per heavy atom. The quantitative estimate of drug-likeness (QED) is 0.433. The number of aliphatic hydroxyl groups is 2. The van der Waals surface area contributed by atoms with Gasteiger partial charge in [-0.25, -0.2) is 19.7 Å². The van der Waals surface area contributed by atoms with Crippen LogP contribution in [0.5, 0.6) is 0 Å². The highest BCUT2D eigenvalue weighted by atomic mass is 16.6. The topological polar surface area (TPSA) is 178 Å². The molecule has 34 heavy (non-hydrogen) atoms. The highest BCUT2D eigenvalue weighted by molar-refractivity contribution is 5.83. The van der Waals surface area contributed by atoms with Crippen LogP contribution in [0.25, 0.3) is 11.2 Å². The summed E-state index contributed by atoms with van der Waals surface area (Å²) in [6, 6.07) is 0.100. The van der Waals surface area contributed by atoms with E-state index >= 15 is 0 Å². The summed E-state index contributed by atoms with van der Waals surface area (Å²) in [6.45, 7) is 1.19. The number of amides is 2. The molecule has 0 aromatic carbocycles. The zero-order valence-corrected chi connectivity index (χ0v) is 18.8. The first-order valence-corrected chi connectivity index (χ1v) is 11.5. The number of nitrogens with two attached hydrogens (primary N) is 1. The fourth-order valence-corrected chi connectivity index (χ4v) is 4.59. The van der Waals surface area contributed by atoms with Gasteiger partial charge in [0.25, 0.3) is 5.91 Å². The first-order valence-electron chi connectivity index (χ1n) is 11.5. The maximum Gasteiger partial charge on any atom is 0.409 e. The minimum Gasteiger partial charge on any atom is -0.453 e. The fourth-order valence-electron chi connectivity index (χ4n) is 4.59. The number of nitrogens with zero attached hydrogens (tertiary/aromatic N) is 5. The number of methoxy groups -OCH3 is 1. The number of rotatable bonds is 5. The van der Waals surface area contributed by atoms with Crippen molar-refractivity contribution in [3.63, 3.8) is 0 Å². The first-order chi connectivity index (χ1) is 16.4. The van der Waals surface area contributed by atoms with E-state index < -0.39 is 30.4 Å². The molecule has 3 aliphatic rings. The number of nitrogens with one attached hydrogen (secondary N) is 1. The third kappa shape index (κ3) is 4.26. The molecule has 13 heteroatoms. The standard InChI is InChI=1S/C21H29N7O6/c1-33-21(32)27-6-4-10(5-7-27)8-12-25-17(22)13-18(26-12)28(9-23-13)20-15(30)14(29)16(34-20)19(31)24-11-2-3-11/h9-11,14-16,20,29-30H,2-8H2,1H3,(H,24,31)(H2,22,25,26)/t14?,15?,16-,20+/m0/s1. The number of aromatic nitrogens is 4. The third-order valence-electron chi connectivity index (χ3n) is 6.71. The number of ether oxygens (including phenoxy) is 2. The predicted octanol–water partition coefficient (Wildman–Crippen LogP) is -0.673. The molecule has 184 valence electrons. The van der Waals surface area contributed by atoms with Crippen LogP contribution >= 0.6 is 0 Å². The van der Waals surface area contributed by atoms with Gasteiger partial charge in [0.2, 0.25) is 0 Å². The van der Waals surface area contributed by atoms with Crippen molar-refractivity contribution < 1.29 is 29.3 Å². The monoisotopic (exact) mass is 475 g/mol. The molecule has 5 N–H and O–H groups in total. The molecule has 1 saturated carbocycles. The van der Waals surface area contributed by atoms with Gasteiger partial charge in [0, 0.05) is 25.6 Å². The second-order valence-electron chi connectivity index (χ2n) is 9.17. The van der Waals surface area contributed by atoms with E-state index in [0.29, 0.717) is 36.5 Å². The van der Waals surface area contributed by atoms with Crippen molar-refractivity contribution in [3.05, 3.63) is 12.2 Å². The molecule has 3 fully saturated rings. The van der Waals surface area contributed by atoms with Gasteiger partial charge in [0.15, 0.2) is 23.8 Å². The van der Waals surface area contributed by atoms with Crippen LogP contribution in [0.1, 0.15) is 37.7 Å². The highest BCUT2D eigenvalue weighted by Gasteiger charge is 2.48. The van der Waals surface area contributed by atoms with Crippen molar-refractivity contribution in [2.45, 2.75) is 62.7 Å². The van der Waals surface area contributed by atoms with E-state index in [-0.39, 0.29) is 23.9 Å². The lowest BCUT2D eigenvalue weighted by Gasteiger charge is -2.30. The fraction of sp³-hybridized carbons (Fsp3) is 0.667. The first kappa shape index (κ1) is 22.7. The number of likely N-dealkylation sites (tertiary alicyclic amines) is 1. The van der Waals surface area contributed by atoms with E-state index in [9.17, 15) is 19.8 Å². The lowest BCUT2D eigenvalue weighted by molar-refractivity contribution is -0.137. The Morgan fingerprint density at radius 1 is 1.21 bits per heavy atom. The number of aliphatic hydroxyl groups excluding tert-OH is 2. The van der Waals surface area contributed by atoms with Crippen LogP contribution in [-0.2, 0) is 20.7 Å². The van der Waals surface area contributed by atoms with Crippen molar-refractivity contribution >= 4 is 29.0 Å². The van der Waals surface area contributed by atoms with Crippen molar-refractivity contribution in [2.75, 3.05) is 25.9 Å². The molecule has 0 radical (unpaired) electrons. The van der Waals surface area contributed by atoms with Gasteiger partial charge in [-0.1, -0.05) is 0 Å². The van der Waals surface area contributed by atoms with Crippen molar-refractivity contribution in [1.29, 1.82) is 0 Å². The summed E-state index contributed by atoms with van der Waals surface area (Å²) in [4.78, 5) is 39.1. The molecule has 2 saturated heterocycles. The van der Waals surface area contributed by atoms with Gasteiger partial charge in [-0.05, 0) is 31.6 Å². The lowest BCUT2D eigenvalue weighted by Crippen LogP contribution is -2.43. The number of piperidine rings is 1. The molecule has 2 aromatic rings. The number of hydrogen-bond acceptors (Lipinski definition) is 10. The maximum atomic E-state index is 12.4. The second-order valence-corrected chi connectivity index (χ2v) is 9.17. The highest BCUT2D eigenvalue weighted by Crippen LogP contribution is 2.33. The smallest absolute Gasteiger partial charge is 0.409 e. The summed E-state index contributed by atoms with van der Waals surface area (Å²) in [5.41, 5.74) is 6.84. The molecule has 13 nitrogen and oxygen atoms in total. The van der Waals surface area contributed by atoms with Crippen LogP contribution in [0.4, 0.5) is 10.6 Å². The average molecular weight is 476 g/mol. The van der Waals surface area contributed by atoms with Gasteiger partial charge < -0.3 is 35.6 Å². The molecule has 4 heterocycles. The van der Waals surface area contributed by atoms with E-state index in [4.69, 9.17) is 15.2 Å². The molecule has 2 amide bonds. The van der Waals surface area contributed by atoms with E-state index in [0.717, 1.165) is 25.7 Å². The van der Waals surface area contributed by atoms with Gasteiger partial charge in [0.05, 0.1) is 13.4 Å². The van der Waals surface area contributed by atoms with E-state index in [1.165, 1.54) is 18.0 Å². The summed E-state index contributed by atoms with van der Waals surface area (Å²) >= 11 is 0. The Hall–Kier alpha value is -3.03. The maximum absolute atomic E-state index is 12.4. The zero-order chi connectivity index (χ0) is 24.0. The Bertz CT molecular complexity index is 1080. The minimum absolute atomic E-state index is 0.100. The van der Waals surface area contributed by atoms with Gasteiger partial charge in [-0.2, -0.15) is 0 Å². The second kappa shape index (κ2) is 8.96. The molecule has 5 rings (SSSR count). The third-order valence-corrected chi connectivity index (χ3v) is 6.71. The SMILES string of the molecule is COC(=O)N1CCC(Cc2nc(N)c3ncn([C@@H]4O[C@H](C(=O)NC5CC5)C(O)C4O)c3n2)CC1. The zero-order valence-electron chi connectivity index (χ0n) is 18.8. The summed E-state index contributed by atoms with van der Waals surface area (Å²) in [5.74, 6) is 0.523. The molecule has 2 unspecified atom stereocenters. The Balaban J connectivity index is 1.33. The average Bonchev–Trinajstić information content (AvgIpc) is 3.46. The Labute approximate surface area is 195 Å². The van der Waals surface area contributed by atoms with Gasteiger partial charge >= 0.3 is 6.09 Å². The van der Waals surface area contributed by atoms with Crippen molar-refractivity contribution in [1.82, 2.24) is 29.7 Å². The van der Waals surface area contributed by atoms with Crippen LogP contribution in [-0.4, -0.2) is 91.2 Å². The molecule has 4 atom stereocenters. The van der Waals surface area contributed by atoms with Crippen LogP contribution in [0, 0.1) is 5.92 Å². The number of nitrogen functional groups attached to an aromatic ring is 1. The summed E-state index contributed by atoms with van der Waals surface area (Å²) < 4.78 is 12.0. The summed E-state index contributed by atoms with van der Waals surface area (Å²) in [5, 5.41) is 23.9. The lowest BCUT2D eigenvalue weighted by atomic mass is 9.93. The minimum atomic E-state index is -1.39. The van der Waals surface area contributed by atoms with E-state index in [2.05, 4.69) is 20.3 Å². The van der Waals surface area contributed by atoms with Gasteiger partial charge in [0.1, 0.15) is 23.5 Å². The van der Waals surface area contributed by atoms with Crippen LogP contribution in [0.15, 0.2) is 6.33 Å². The van der Waals surface area contributed by atoms with Crippen LogP contribution in [0.3, 0.4) is 0 Å². The number of imidazole rings is 1. The summed E-state index contributed by atoms with van der Waals surface area (Å²) in [6.07, 6.45) is 0.00594. The predicted molar refractivity (Wildman–Crippen MR) is 117 cm³/mol. The molecule has 2 aromatic heterocycles. The van der Waals surface area contributed by atoms with Gasteiger partial charge in [-0.15, -0.1) is 0 Å². The number of carbonyl (C=O) groups excluding carboxylic acids is 2.